The molecule has 0 unspecified atom stereocenters. The lowest BCUT2D eigenvalue weighted by molar-refractivity contribution is 0.0689. The Hall–Kier alpha value is -1.75. The van der Waals surface area contributed by atoms with Crippen molar-refractivity contribution in [2.45, 2.75) is 0 Å². The average Bonchev–Trinajstić information content (AvgIpc) is 2.20. The van der Waals surface area contributed by atoms with Crippen LogP contribution in [0.3, 0.4) is 0 Å². The van der Waals surface area contributed by atoms with Crippen LogP contribution in [0.5, 0.6) is 5.75 Å². The third-order valence-corrected chi connectivity index (χ3v) is 1.78. The van der Waals surface area contributed by atoms with Gasteiger partial charge in [-0.3, -0.25) is 0 Å². The normalized spacial score (nSPS) is 9.93. The van der Waals surface area contributed by atoms with E-state index in [0.29, 0.717) is 24.7 Å². The third-order valence-electron chi connectivity index (χ3n) is 1.78. The fourth-order valence-corrected chi connectivity index (χ4v) is 1.08. The summed E-state index contributed by atoms with van der Waals surface area (Å²) < 4.78 is 10.0. The fourth-order valence-electron chi connectivity index (χ4n) is 1.08. The van der Waals surface area contributed by atoms with Crippen LogP contribution in [0.25, 0.3) is 0 Å². The largest absolute Gasteiger partial charge is 0.490 e. The Morgan fingerprint density at radius 3 is 2.80 bits per heavy atom. The molecule has 0 aliphatic carbocycles. The van der Waals surface area contributed by atoms with Gasteiger partial charge in [0.1, 0.15) is 17.9 Å². The highest BCUT2D eigenvalue weighted by molar-refractivity contribution is 5.92. The number of aromatic carboxylic acids is 1. The van der Waals surface area contributed by atoms with E-state index in [2.05, 4.69) is 0 Å². The SMILES string of the molecule is COCCOc1ccc(N)cc1C(=O)O. The van der Waals surface area contributed by atoms with Crippen molar-refractivity contribution in [1.82, 2.24) is 0 Å². The molecule has 3 N–H and O–H groups in total. The summed E-state index contributed by atoms with van der Waals surface area (Å²) in [5, 5.41) is 8.88. The molecule has 1 aromatic rings. The monoisotopic (exact) mass is 211 g/mol. The van der Waals surface area contributed by atoms with Gasteiger partial charge in [0.15, 0.2) is 0 Å². The van der Waals surface area contributed by atoms with Crippen LogP contribution in [-0.4, -0.2) is 31.4 Å². The summed E-state index contributed by atoms with van der Waals surface area (Å²) in [6, 6.07) is 4.49. The van der Waals surface area contributed by atoms with E-state index >= 15 is 0 Å². The number of ether oxygens (including phenoxy) is 2. The first-order valence-electron chi connectivity index (χ1n) is 4.39. The smallest absolute Gasteiger partial charge is 0.339 e. The molecule has 82 valence electrons. The maximum atomic E-state index is 10.8. The Morgan fingerprint density at radius 1 is 1.47 bits per heavy atom. The summed E-state index contributed by atoms with van der Waals surface area (Å²) in [6.07, 6.45) is 0. The topological polar surface area (TPSA) is 81.8 Å². The second kappa shape index (κ2) is 5.21. The first kappa shape index (κ1) is 11.3. The van der Waals surface area contributed by atoms with Gasteiger partial charge in [-0.25, -0.2) is 4.79 Å². The summed E-state index contributed by atoms with van der Waals surface area (Å²) in [5.74, 6) is -0.761. The van der Waals surface area contributed by atoms with Crippen LogP contribution in [0.4, 0.5) is 5.69 Å². The number of carboxylic acids is 1. The van der Waals surface area contributed by atoms with Crippen LogP contribution in [0, 0.1) is 0 Å². The quantitative estimate of drug-likeness (QED) is 0.560. The van der Waals surface area contributed by atoms with Crippen molar-refractivity contribution >= 4 is 11.7 Å². The molecule has 0 spiro atoms. The number of anilines is 1. The van der Waals surface area contributed by atoms with Crippen molar-refractivity contribution in [3.8, 4) is 5.75 Å². The predicted octanol–water partition coefficient (Wildman–Crippen LogP) is 0.992. The Labute approximate surface area is 87.4 Å². The summed E-state index contributed by atoms with van der Waals surface area (Å²) in [5.41, 5.74) is 5.93. The molecule has 5 nitrogen and oxygen atoms in total. The van der Waals surface area contributed by atoms with Gasteiger partial charge in [0, 0.05) is 12.8 Å². The van der Waals surface area contributed by atoms with Gasteiger partial charge in [-0.1, -0.05) is 0 Å². The van der Waals surface area contributed by atoms with Gasteiger partial charge in [-0.05, 0) is 18.2 Å². The number of nitrogens with two attached hydrogens (primary N) is 1. The molecular formula is C10H13NO4. The molecule has 15 heavy (non-hydrogen) atoms. The fraction of sp³-hybridized carbons (Fsp3) is 0.300. The van der Waals surface area contributed by atoms with Crippen LogP contribution < -0.4 is 10.5 Å². The van der Waals surface area contributed by atoms with Crippen molar-refractivity contribution in [3.05, 3.63) is 23.8 Å². The Kier molecular flexibility index (Phi) is 3.93. The molecule has 1 aromatic carbocycles. The van der Waals surface area contributed by atoms with Crippen LogP contribution in [-0.2, 0) is 4.74 Å². The van der Waals surface area contributed by atoms with E-state index in [1.807, 2.05) is 0 Å². The molecule has 0 amide bonds. The van der Waals surface area contributed by atoms with E-state index in [1.165, 1.54) is 12.1 Å². The minimum atomic E-state index is -1.06. The van der Waals surface area contributed by atoms with E-state index in [0.717, 1.165) is 0 Å². The molecule has 0 aliphatic rings. The van der Waals surface area contributed by atoms with Crippen LogP contribution in [0.1, 0.15) is 10.4 Å². The zero-order chi connectivity index (χ0) is 11.3. The Bertz CT molecular complexity index is 351. The number of nitrogen functional groups attached to an aromatic ring is 1. The Balaban J connectivity index is 2.81. The number of carboxylic acid groups (broad SMARTS) is 1. The van der Waals surface area contributed by atoms with Gasteiger partial charge in [-0.15, -0.1) is 0 Å². The van der Waals surface area contributed by atoms with Crippen molar-refractivity contribution < 1.29 is 19.4 Å². The first-order valence-corrected chi connectivity index (χ1v) is 4.39. The highest BCUT2D eigenvalue weighted by Gasteiger charge is 2.11. The molecule has 0 saturated heterocycles. The zero-order valence-corrected chi connectivity index (χ0v) is 8.40. The molecule has 0 aliphatic heterocycles. The van der Waals surface area contributed by atoms with Gasteiger partial charge >= 0.3 is 5.97 Å². The maximum Gasteiger partial charge on any atom is 0.339 e. The number of hydrogen-bond acceptors (Lipinski definition) is 4. The van der Waals surface area contributed by atoms with E-state index in [1.54, 1.807) is 13.2 Å². The van der Waals surface area contributed by atoms with E-state index < -0.39 is 5.97 Å². The number of rotatable bonds is 5. The van der Waals surface area contributed by atoms with Crippen molar-refractivity contribution in [2.75, 3.05) is 26.1 Å². The van der Waals surface area contributed by atoms with Gasteiger partial charge in [-0.2, -0.15) is 0 Å². The van der Waals surface area contributed by atoms with E-state index in [9.17, 15) is 4.79 Å². The molecule has 0 saturated carbocycles. The molecule has 0 fully saturated rings. The molecule has 1 rings (SSSR count). The van der Waals surface area contributed by atoms with Gasteiger partial charge < -0.3 is 20.3 Å². The van der Waals surface area contributed by atoms with E-state index in [-0.39, 0.29) is 5.56 Å². The lowest BCUT2D eigenvalue weighted by Crippen LogP contribution is -2.08. The zero-order valence-electron chi connectivity index (χ0n) is 8.40. The van der Waals surface area contributed by atoms with Crippen LogP contribution in [0.15, 0.2) is 18.2 Å². The van der Waals surface area contributed by atoms with Gasteiger partial charge in [0.05, 0.1) is 6.61 Å². The second-order valence-electron chi connectivity index (χ2n) is 2.90. The van der Waals surface area contributed by atoms with E-state index in [4.69, 9.17) is 20.3 Å². The maximum absolute atomic E-state index is 10.8. The lowest BCUT2D eigenvalue weighted by atomic mass is 10.2. The molecular weight excluding hydrogens is 198 g/mol. The molecule has 0 radical (unpaired) electrons. The molecule has 0 aromatic heterocycles. The first-order chi connectivity index (χ1) is 7.15. The summed E-state index contributed by atoms with van der Waals surface area (Å²) in [6.45, 7) is 0.712. The number of carbonyl (C=O) groups is 1. The van der Waals surface area contributed by atoms with Gasteiger partial charge in [0.2, 0.25) is 0 Å². The minimum absolute atomic E-state index is 0.0612. The predicted molar refractivity (Wildman–Crippen MR) is 55.2 cm³/mol. The highest BCUT2D eigenvalue weighted by atomic mass is 16.5. The standard InChI is InChI=1S/C10H13NO4/c1-14-4-5-15-9-3-2-7(11)6-8(9)10(12)13/h2-3,6H,4-5,11H2,1H3,(H,12,13). The Morgan fingerprint density at radius 2 is 2.20 bits per heavy atom. The number of methoxy groups -OCH3 is 1. The summed E-state index contributed by atoms with van der Waals surface area (Å²) in [7, 11) is 1.55. The molecule has 0 heterocycles. The number of hydrogen-bond donors (Lipinski definition) is 2. The summed E-state index contributed by atoms with van der Waals surface area (Å²) in [4.78, 5) is 10.8. The van der Waals surface area contributed by atoms with Crippen molar-refractivity contribution in [1.29, 1.82) is 0 Å². The summed E-state index contributed by atoms with van der Waals surface area (Å²) >= 11 is 0. The van der Waals surface area contributed by atoms with Crippen LogP contribution in [0.2, 0.25) is 0 Å². The molecule has 0 atom stereocenters. The van der Waals surface area contributed by atoms with Crippen molar-refractivity contribution in [3.63, 3.8) is 0 Å². The average molecular weight is 211 g/mol. The highest BCUT2D eigenvalue weighted by Crippen LogP contribution is 2.21. The number of benzene rings is 1. The van der Waals surface area contributed by atoms with Crippen LogP contribution >= 0.6 is 0 Å². The molecule has 0 bridgehead atoms. The van der Waals surface area contributed by atoms with Gasteiger partial charge in [0.25, 0.3) is 0 Å². The lowest BCUT2D eigenvalue weighted by Gasteiger charge is -2.08. The molecule has 5 heteroatoms. The minimum Gasteiger partial charge on any atom is -0.490 e. The second-order valence-corrected chi connectivity index (χ2v) is 2.90. The third kappa shape index (κ3) is 3.14. The van der Waals surface area contributed by atoms with Crippen molar-refractivity contribution in [2.24, 2.45) is 0 Å².